The third-order valence-electron chi connectivity index (χ3n) is 4.28. The molecular formula is C17H25N3O4. The van der Waals surface area contributed by atoms with Crippen LogP contribution in [0.25, 0.3) is 0 Å². The molecule has 7 nitrogen and oxygen atoms in total. The van der Waals surface area contributed by atoms with Crippen molar-refractivity contribution in [3.63, 3.8) is 0 Å². The third kappa shape index (κ3) is 4.15. The standard InChI is InChI=1S/C17H25N3O4/c1-4-5-10-24-17(21)19-13(2)11-18(12-14(19)3)15-6-8-16(9-7-15)20(22)23/h6-9,13-14H,4-5,10-12H2,1-3H3. The van der Waals surface area contributed by atoms with Gasteiger partial charge in [-0.1, -0.05) is 13.3 Å². The number of unbranched alkanes of at least 4 members (excludes halogenated alkanes) is 1. The Balaban J connectivity index is 2.01. The number of nitrogens with zero attached hydrogens (tertiary/aromatic N) is 3. The molecule has 7 heteroatoms. The van der Waals surface area contributed by atoms with Crippen molar-refractivity contribution in [3.8, 4) is 0 Å². The van der Waals surface area contributed by atoms with E-state index in [0.717, 1.165) is 18.5 Å². The number of nitro groups is 1. The van der Waals surface area contributed by atoms with Gasteiger partial charge in [0.05, 0.1) is 23.6 Å². The molecule has 0 aromatic heterocycles. The van der Waals surface area contributed by atoms with E-state index >= 15 is 0 Å². The minimum absolute atomic E-state index is 0.0121. The summed E-state index contributed by atoms with van der Waals surface area (Å²) in [6.07, 6.45) is 1.61. The summed E-state index contributed by atoms with van der Waals surface area (Å²) in [4.78, 5) is 26.6. The van der Waals surface area contributed by atoms with Crippen LogP contribution in [0.3, 0.4) is 0 Å². The number of benzene rings is 1. The summed E-state index contributed by atoms with van der Waals surface area (Å²) < 4.78 is 5.34. The number of carbonyl (C=O) groups excluding carboxylic acids is 1. The van der Waals surface area contributed by atoms with Gasteiger partial charge in [-0.15, -0.1) is 0 Å². The van der Waals surface area contributed by atoms with Crippen LogP contribution in [0.5, 0.6) is 0 Å². The van der Waals surface area contributed by atoms with Gasteiger partial charge in [0.2, 0.25) is 0 Å². The highest BCUT2D eigenvalue weighted by Gasteiger charge is 2.34. The first-order chi connectivity index (χ1) is 11.4. The van der Waals surface area contributed by atoms with Crippen molar-refractivity contribution in [1.29, 1.82) is 0 Å². The van der Waals surface area contributed by atoms with Crippen LogP contribution in [0.1, 0.15) is 33.6 Å². The molecule has 24 heavy (non-hydrogen) atoms. The van der Waals surface area contributed by atoms with Crippen molar-refractivity contribution in [1.82, 2.24) is 4.90 Å². The molecule has 0 radical (unpaired) electrons. The monoisotopic (exact) mass is 335 g/mol. The maximum Gasteiger partial charge on any atom is 0.410 e. The lowest BCUT2D eigenvalue weighted by Gasteiger charge is -2.44. The van der Waals surface area contributed by atoms with E-state index in [1.807, 2.05) is 13.8 Å². The fourth-order valence-corrected chi connectivity index (χ4v) is 3.06. The zero-order chi connectivity index (χ0) is 17.7. The number of carbonyl (C=O) groups is 1. The van der Waals surface area contributed by atoms with Gasteiger partial charge < -0.3 is 9.64 Å². The van der Waals surface area contributed by atoms with Crippen molar-refractivity contribution in [2.24, 2.45) is 0 Å². The van der Waals surface area contributed by atoms with Gasteiger partial charge in [0.1, 0.15) is 0 Å². The molecule has 2 unspecified atom stereocenters. The summed E-state index contributed by atoms with van der Waals surface area (Å²) in [6.45, 7) is 7.85. The second-order valence-corrected chi connectivity index (χ2v) is 6.25. The summed E-state index contributed by atoms with van der Waals surface area (Å²) in [7, 11) is 0. The van der Waals surface area contributed by atoms with Crippen LogP contribution in [0.4, 0.5) is 16.2 Å². The van der Waals surface area contributed by atoms with E-state index in [1.54, 1.807) is 17.0 Å². The third-order valence-corrected chi connectivity index (χ3v) is 4.28. The molecule has 0 spiro atoms. The summed E-state index contributed by atoms with van der Waals surface area (Å²) in [5.41, 5.74) is 1.01. The van der Waals surface area contributed by atoms with Crippen LogP contribution in [-0.2, 0) is 4.74 Å². The molecule has 1 amide bonds. The number of ether oxygens (including phenoxy) is 1. The predicted octanol–water partition coefficient (Wildman–Crippen LogP) is 3.43. The highest BCUT2D eigenvalue weighted by molar-refractivity contribution is 5.69. The maximum absolute atomic E-state index is 12.3. The molecule has 0 bridgehead atoms. The fraction of sp³-hybridized carbons (Fsp3) is 0.588. The van der Waals surface area contributed by atoms with Gasteiger partial charge in [-0.05, 0) is 32.4 Å². The first-order valence-electron chi connectivity index (χ1n) is 8.38. The highest BCUT2D eigenvalue weighted by Crippen LogP contribution is 2.25. The number of amides is 1. The minimum Gasteiger partial charge on any atom is -0.449 e. The van der Waals surface area contributed by atoms with E-state index in [2.05, 4.69) is 11.8 Å². The molecule has 1 aromatic carbocycles. The number of piperazine rings is 1. The molecule has 0 saturated carbocycles. The summed E-state index contributed by atoms with van der Waals surface area (Å²) in [6, 6.07) is 6.56. The van der Waals surface area contributed by atoms with Gasteiger partial charge in [-0.25, -0.2) is 4.79 Å². The van der Waals surface area contributed by atoms with Gasteiger partial charge >= 0.3 is 6.09 Å². The SMILES string of the molecule is CCCCOC(=O)N1C(C)CN(c2ccc([N+](=O)[O-])cc2)CC1C. The van der Waals surface area contributed by atoms with Crippen molar-refractivity contribution in [2.75, 3.05) is 24.6 Å². The van der Waals surface area contributed by atoms with Crippen LogP contribution in [0.15, 0.2) is 24.3 Å². The normalized spacial score (nSPS) is 20.8. The molecular weight excluding hydrogens is 310 g/mol. The van der Waals surface area contributed by atoms with Crippen molar-refractivity contribution in [2.45, 2.75) is 45.7 Å². The Morgan fingerprint density at radius 1 is 1.25 bits per heavy atom. The zero-order valence-corrected chi connectivity index (χ0v) is 14.5. The van der Waals surface area contributed by atoms with Gasteiger partial charge in [0.25, 0.3) is 5.69 Å². The van der Waals surface area contributed by atoms with Gasteiger partial charge in [0, 0.05) is 30.9 Å². The lowest BCUT2D eigenvalue weighted by molar-refractivity contribution is -0.384. The molecule has 2 rings (SSSR count). The zero-order valence-electron chi connectivity index (χ0n) is 14.5. The molecule has 1 aromatic rings. The fourth-order valence-electron chi connectivity index (χ4n) is 3.06. The van der Waals surface area contributed by atoms with E-state index < -0.39 is 4.92 Å². The van der Waals surface area contributed by atoms with Crippen molar-refractivity contribution in [3.05, 3.63) is 34.4 Å². The number of anilines is 1. The van der Waals surface area contributed by atoms with Gasteiger partial charge in [0.15, 0.2) is 0 Å². The van der Waals surface area contributed by atoms with Crippen LogP contribution < -0.4 is 4.90 Å². The van der Waals surface area contributed by atoms with Crippen molar-refractivity contribution >= 4 is 17.5 Å². The van der Waals surface area contributed by atoms with Gasteiger partial charge in [-0.2, -0.15) is 0 Å². The average molecular weight is 335 g/mol. The van der Waals surface area contributed by atoms with Crippen LogP contribution >= 0.6 is 0 Å². The first kappa shape index (κ1) is 18.0. The van der Waals surface area contributed by atoms with E-state index in [9.17, 15) is 14.9 Å². The Kier molecular flexibility index (Phi) is 6.00. The highest BCUT2D eigenvalue weighted by atomic mass is 16.6. The van der Waals surface area contributed by atoms with E-state index in [0.29, 0.717) is 19.7 Å². The van der Waals surface area contributed by atoms with E-state index in [1.165, 1.54) is 12.1 Å². The van der Waals surface area contributed by atoms with E-state index in [4.69, 9.17) is 4.74 Å². The second-order valence-electron chi connectivity index (χ2n) is 6.25. The number of rotatable bonds is 5. The average Bonchev–Trinajstić information content (AvgIpc) is 2.54. The topological polar surface area (TPSA) is 75.9 Å². The Morgan fingerprint density at radius 3 is 2.33 bits per heavy atom. The summed E-state index contributed by atoms with van der Waals surface area (Å²) in [5.74, 6) is 0. The summed E-state index contributed by atoms with van der Waals surface area (Å²) in [5, 5.41) is 10.8. The number of non-ortho nitro benzene ring substituents is 1. The molecule has 1 aliphatic heterocycles. The molecule has 132 valence electrons. The largest absolute Gasteiger partial charge is 0.449 e. The lowest BCUT2D eigenvalue weighted by Crippen LogP contribution is -2.58. The predicted molar refractivity (Wildman–Crippen MR) is 92.3 cm³/mol. The molecule has 1 heterocycles. The number of hydrogen-bond donors (Lipinski definition) is 0. The summed E-state index contributed by atoms with van der Waals surface area (Å²) >= 11 is 0. The van der Waals surface area contributed by atoms with Gasteiger partial charge in [-0.3, -0.25) is 15.0 Å². The molecule has 2 atom stereocenters. The molecule has 0 N–H and O–H groups in total. The Hall–Kier alpha value is -2.31. The Morgan fingerprint density at radius 2 is 1.83 bits per heavy atom. The van der Waals surface area contributed by atoms with Crippen molar-refractivity contribution < 1.29 is 14.5 Å². The number of hydrogen-bond acceptors (Lipinski definition) is 5. The Bertz CT molecular complexity index is 564. The number of nitro benzene ring substituents is 1. The van der Waals surface area contributed by atoms with Crippen LogP contribution in [0.2, 0.25) is 0 Å². The van der Waals surface area contributed by atoms with E-state index in [-0.39, 0.29) is 23.9 Å². The molecule has 1 saturated heterocycles. The smallest absolute Gasteiger partial charge is 0.410 e. The quantitative estimate of drug-likeness (QED) is 0.468. The van der Waals surface area contributed by atoms with Crippen LogP contribution in [0, 0.1) is 10.1 Å². The van der Waals surface area contributed by atoms with Crippen LogP contribution in [-0.4, -0.2) is 47.7 Å². The lowest BCUT2D eigenvalue weighted by atomic mass is 10.1. The molecule has 1 fully saturated rings. The first-order valence-corrected chi connectivity index (χ1v) is 8.38. The molecule has 0 aliphatic carbocycles. The molecule has 1 aliphatic rings. The second kappa shape index (κ2) is 7.99. The Labute approximate surface area is 142 Å². The minimum atomic E-state index is -0.403. The maximum atomic E-state index is 12.3.